The number of hydrogen-bond donors (Lipinski definition) is 0. The summed E-state index contributed by atoms with van der Waals surface area (Å²) in [6, 6.07) is 2.02. The summed E-state index contributed by atoms with van der Waals surface area (Å²) in [6.45, 7) is 6.21. The van der Waals surface area contributed by atoms with E-state index in [1.807, 2.05) is 20.0 Å². The highest BCUT2D eigenvalue weighted by Gasteiger charge is 2.30. The third-order valence-electron chi connectivity index (χ3n) is 3.27. The molecule has 1 amide bonds. The Bertz CT molecular complexity index is 461. The lowest BCUT2D eigenvalue weighted by Crippen LogP contribution is -2.34. The fraction of sp³-hybridized carbons (Fsp3) is 0.583. The van der Waals surface area contributed by atoms with Gasteiger partial charge in [0.05, 0.1) is 23.9 Å². The molecule has 17 heavy (non-hydrogen) atoms. The van der Waals surface area contributed by atoms with Crippen LogP contribution in [0.1, 0.15) is 32.9 Å². The molecule has 5 heteroatoms. The van der Waals surface area contributed by atoms with Gasteiger partial charge in [-0.25, -0.2) is 5.01 Å². The quantitative estimate of drug-likeness (QED) is 0.793. The molecule has 1 aliphatic heterocycles. The van der Waals surface area contributed by atoms with Gasteiger partial charge in [-0.3, -0.25) is 9.48 Å². The van der Waals surface area contributed by atoms with Crippen molar-refractivity contribution in [3.63, 3.8) is 0 Å². The lowest BCUT2D eigenvalue weighted by molar-refractivity contribution is -0.131. The number of carbonyl (C=O) groups excluding carboxylic acids is 1. The highest BCUT2D eigenvalue weighted by atomic mass is 16.2. The Morgan fingerprint density at radius 1 is 1.35 bits per heavy atom. The Morgan fingerprint density at radius 3 is 2.59 bits per heavy atom. The monoisotopic (exact) mass is 234 g/mol. The maximum Gasteiger partial charge on any atom is 0.249 e. The first-order valence-corrected chi connectivity index (χ1v) is 5.88. The van der Waals surface area contributed by atoms with Gasteiger partial charge in [0, 0.05) is 13.2 Å². The van der Waals surface area contributed by atoms with Crippen LogP contribution in [0.15, 0.2) is 17.4 Å². The van der Waals surface area contributed by atoms with E-state index < -0.39 is 0 Å². The molecule has 1 aromatic heterocycles. The van der Waals surface area contributed by atoms with Crippen molar-refractivity contribution in [1.82, 2.24) is 14.8 Å². The summed E-state index contributed by atoms with van der Waals surface area (Å²) < 4.78 is 1.75. The van der Waals surface area contributed by atoms with Crippen molar-refractivity contribution in [3.05, 3.63) is 18.0 Å². The summed E-state index contributed by atoms with van der Waals surface area (Å²) >= 11 is 0. The fourth-order valence-electron chi connectivity index (χ4n) is 1.84. The molecule has 0 saturated heterocycles. The molecule has 0 aromatic carbocycles. The van der Waals surface area contributed by atoms with Gasteiger partial charge >= 0.3 is 0 Å². The molecule has 0 N–H and O–H groups in total. The summed E-state index contributed by atoms with van der Waals surface area (Å²) in [5.74, 6) is 0.469. The molecule has 0 spiro atoms. The molecule has 0 fully saturated rings. The molecule has 0 bridgehead atoms. The second-order valence-corrected chi connectivity index (χ2v) is 4.79. The summed E-state index contributed by atoms with van der Waals surface area (Å²) in [5.41, 5.74) is 1.72. The summed E-state index contributed by atoms with van der Waals surface area (Å²) in [5, 5.41) is 10.1. The van der Waals surface area contributed by atoms with Crippen molar-refractivity contribution in [2.24, 2.45) is 18.1 Å². The number of rotatable bonds is 3. The predicted octanol–water partition coefficient (Wildman–Crippen LogP) is 1.40. The van der Waals surface area contributed by atoms with Gasteiger partial charge < -0.3 is 0 Å². The van der Waals surface area contributed by atoms with Crippen molar-refractivity contribution < 1.29 is 4.79 Å². The van der Waals surface area contributed by atoms with E-state index in [4.69, 9.17) is 0 Å². The van der Waals surface area contributed by atoms with Crippen LogP contribution in [0.25, 0.3) is 0 Å². The van der Waals surface area contributed by atoms with Gasteiger partial charge in [-0.05, 0) is 18.9 Å². The molecule has 0 radical (unpaired) electrons. The molecular formula is C12H18N4O. The molecule has 1 atom stereocenters. The standard InChI is InChI=1S/C12H18N4O/c1-8(2)9(3)16-12(17)7-10(14-16)11-5-6-13-15(11)4/h5-6,8-9H,7H2,1-4H3. The molecule has 92 valence electrons. The van der Waals surface area contributed by atoms with Gasteiger partial charge in [0.1, 0.15) is 0 Å². The Morgan fingerprint density at radius 2 is 2.06 bits per heavy atom. The average Bonchev–Trinajstić information content (AvgIpc) is 2.83. The SMILES string of the molecule is CC(C)C(C)N1N=C(c2ccnn2C)CC1=O. The van der Waals surface area contributed by atoms with Crippen molar-refractivity contribution >= 4 is 11.6 Å². The molecule has 1 unspecified atom stereocenters. The van der Waals surface area contributed by atoms with E-state index >= 15 is 0 Å². The summed E-state index contributed by atoms with van der Waals surface area (Å²) in [7, 11) is 1.86. The Hall–Kier alpha value is -1.65. The lowest BCUT2D eigenvalue weighted by Gasteiger charge is -2.23. The maximum atomic E-state index is 11.9. The second kappa shape index (κ2) is 4.31. The number of aromatic nitrogens is 2. The number of nitrogens with zero attached hydrogens (tertiary/aromatic N) is 4. The van der Waals surface area contributed by atoms with Gasteiger partial charge in [-0.1, -0.05) is 13.8 Å². The first kappa shape index (κ1) is 11.8. The smallest absolute Gasteiger partial charge is 0.249 e. The largest absolute Gasteiger partial charge is 0.272 e. The third-order valence-corrected chi connectivity index (χ3v) is 3.27. The van der Waals surface area contributed by atoms with Crippen LogP contribution in [0.5, 0.6) is 0 Å². The van der Waals surface area contributed by atoms with Gasteiger partial charge in [0.25, 0.3) is 0 Å². The molecule has 0 saturated carbocycles. The maximum absolute atomic E-state index is 11.9. The van der Waals surface area contributed by atoms with E-state index in [0.29, 0.717) is 12.3 Å². The second-order valence-electron chi connectivity index (χ2n) is 4.79. The zero-order chi connectivity index (χ0) is 12.6. The van der Waals surface area contributed by atoms with Crippen molar-refractivity contribution in [1.29, 1.82) is 0 Å². The van der Waals surface area contributed by atoms with Crippen LogP contribution >= 0.6 is 0 Å². The zero-order valence-corrected chi connectivity index (χ0v) is 10.7. The average molecular weight is 234 g/mol. The van der Waals surface area contributed by atoms with E-state index in [1.54, 1.807) is 15.9 Å². The molecule has 1 aromatic rings. The number of hydrogen-bond acceptors (Lipinski definition) is 3. The molecular weight excluding hydrogens is 216 g/mol. The highest BCUT2D eigenvalue weighted by Crippen LogP contribution is 2.20. The molecule has 1 aliphatic rings. The number of aryl methyl sites for hydroxylation is 1. The first-order chi connectivity index (χ1) is 8.00. The Kier molecular flexibility index (Phi) is 3.00. The van der Waals surface area contributed by atoms with Crippen LogP contribution in [-0.4, -0.2) is 32.5 Å². The topological polar surface area (TPSA) is 50.5 Å². The zero-order valence-electron chi connectivity index (χ0n) is 10.7. The minimum absolute atomic E-state index is 0.0717. The van der Waals surface area contributed by atoms with Crippen LogP contribution in [-0.2, 0) is 11.8 Å². The van der Waals surface area contributed by atoms with Gasteiger partial charge in [-0.2, -0.15) is 10.2 Å². The van der Waals surface area contributed by atoms with Crippen LogP contribution < -0.4 is 0 Å². The van der Waals surface area contributed by atoms with E-state index in [1.165, 1.54) is 0 Å². The summed E-state index contributed by atoms with van der Waals surface area (Å²) in [6.07, 6.45) is 2.09. The van der Waals surface area contributed by atoms with Crippen LogP contribution in [0.2, 0.25) is 0 Å². The normalized spacial score (nSPS) is 17.8. The first-order valence-electron chi connectivity index (χ1n) is 5.88. The fourth-order valence-corrected chi connectivity index (χ4v) is 1.84. The van der Waals surface area contributed by atoms with E-state index in [0.717, 1.165) is 11.4 Å². The van der Waals surface area contributed by atoms with Crippen LogP contribution in [0, 0.1) is 5.92 Å². The van der Waals surface area contributed by atoms with E-state index in [2.05, 4.69) is 24.0 Å². The third kappa shape index (κ3) is 2.09. The van der Waals surface area contributed by atoms with Gasteiger partial charge in [-0.15, -0.1) is 0 Å². The molecule has 5 nitrogen and oxygen atoms in total. The Balaban J connectivity index is 2.26. The Labute approximate surface area is 101 Å². The molecule has 2 heterocycles. The van der Waals surface area contributed by atoms with Gasteiger partial charge in [0.2, 0.25) is 5.91 Å². The van der Waals surface area contributed by atoms with Crippen molar-refractivity contribution in [3.8, 4) is 0 Å². The molecule has 2 rings (SSSR count). The minimum Gasteiger partial charge on any atom is -0.272 e. The van der Waals surface area contributed by atoms with E-state index in [9.17, 15) is 4.79 Å². The minimum atomic E-state index is 0.0717. The van der Waals surface area contributed by atoms with Gasteiger partial charge in [0.15, 0.2) is 0 Å². The lowest BCUT2D eigenvalue weighted by atomic mass is 10.1. The number of hydrazone groups is 1. The van der Waals surface area contributed by atoms with Crippen molar-refractivity contribution in [2.75, 3.05) is 0 Å². The van der Waals surface area contributed by atoms with E-state index in [-0.39, 0.29) is 11.9 Å². The highest BCUT2D eigenvalue weighted by molar-refractivity contribution is 6.12. The predicted molar refractivity (Wildman–Crippen MR) is 65.5 cm³/mol. The number of amides is 1. The summed E-state index contributed by atoms with van der Waals surface area (Å²) in [4.78, 5) is 11.9. The number of carbonyl (C=O) groups is 1. The van der Waals surface area contributed by atoms with Crippen molar-refractivity contribution in [2.45, 2.75) is 33.2 Å². The van der Waals surface area contributed by atoms with Crippen LogP contribution in [0.3, 0.4) is 0 Å². The molecule has 0 aliphatic carbocycles. The van der Waals surface area contributed by atoms with Crippen LogP contribution in [0.4, 0.5) is 0 Å².